The summed E-state index contributed by atoms with van der Waals surface area (Å²) in [6.45, 7) is 31.1. The third-order valence-corrected chi connectivity index (χ3v) is 16.4. The molecular formula is C25H53NO5Si2. The van der Waals surface area contributed by atoms with Gasteiger partial charge >= 0.3 is 6.09 Å². The average molecular weight is 504 g/mol. The van der Waals surface area contributed by atoms with Gasteiger partial charge in [0.15, 0.2) is 16.6 Å². The van der Waals surface area contributed by atoms with Gasteiger partial charge in [-0.3, -0.25) is 4.90 Å². The molecule has 1 aliphatic heterocycles. The highest BCUT2D eigenvalue weighted by Crippen LogP contribution is 2.41. The van der Waals surface area contributed by atoms with Crippen molar-refractivity contribution in [2.75, 3.05) is 13.2 Å². The summed E-state index contributed by atoms with van der Waals surface area (Å²) < 4.78 is 25.5. The number of rotatable bonds is 7. The van der Waals surface area contributed by atoms with E-state index in [1.54, 1.807) is 4.90 Å². The first-order valence-electron chi connectivity index (χ1n) is 12.6. The smallest absolute Gasteiger partial charge is 0.412 e. The van der Waals surface area contributed by atoms with Crippen molar-refractivity contribution >= 4 is 22.7 Å². The maximum absolute atomic E-state index is 13.5. The van der Waals surface area contributed by atoms with E-state index in [0.717, 1.165) is 12.8 Å². The zero-order valence-electron chi connectivity index (χ0n) is 24.0. The van der Waals surface area contributed by atoms with Crippen LogP contribution in [0.4, 0.5) is 4.79 Å². The van der Waals surface area contributed by atoms with Gasteiger partial charge in [0.1, 0.15) is 11.8 Å². The minimum absolute atomic E-state index is 0.0748. The molecule has 1 heterocycles. The maximum Gasteiger partial charge on any atom is 0.412 e. The molecule has 1 unspecified atom stereocenters. The molecule has 0 spiro atoms. The predicted molar refractivity (Wildman–Crippen MR) is 142 cm³/mol. The van der Waals surface area contributed by atoms with Crippen LogP contribution in [-0.2, 0) is 18.3 Å². The summed E-state index contributed by atoms with van der Waals surface area (Å²) in [6, 6.07) is -0.256. The van der Waals surface area contributed by atoms with Gasteiger partial charge in [0.2, 0.25) is 0 Å². The first-order chi connectivity index (χ1) is 14.6. The molecule has 0 radical (unpaired) electrons. The van der Waals surface area contributed by atoms with E-state index < -0.39 is 22.2 Å². The molecule has 0 aromatic heterocycles. The summed E-state index contributed by atoms with van der Waals surface area (Å²) in [5.74, 6) is 0. The molecule has 0 bridgehead atoms. The molecule has 1 fully saturated rings. The van der Waals surface area contributed by atoms with E-state index in [0.29, 0.717) is 13.2 Å². The second-order valence-corrected chi connectivity index (χ2v) is 23.0. The van der Waals surface area contributed by atoms with Gasteiger partial charge in [-0.15, -0.1) is 0 Å². The van der Waals surface area contributed by atoms with E-state index in [1.807, 2.05) is 27.7 Å². The van der Waals surface area contributed by atoms with Gasteiger partial charge in [-0.25, -0.2) is 4.79 Å². The number of ether oxygens (including phenoxy) is 2. The van der Waals surface area contributed by atoms with Crippen LogP contribution in [0.25, 0.3) is 0 Å². The molecule has 3 atom stereocenters. The highest BCUT2D eigenvalue weighted by atomic mass is 28.4. The molecule has 6 nitrogen and oxygen atoms in total. The summed E-state index contributed by atoms with van der Waals surface area (Å²) in [4.78, 5) is 15.3. The third-order valence-electron chi connectivity index (χ3n) is 7.43. The molecule has 1 aliphatic rings. The van der Waals surface area contributed by atoms with Gasteiger partial charge < -0.3 is 18.3 Å². The fourth-order valence-electron chi connectivity index (χ4n) is 3.35. The van der Waals surface area contributed by atoms with Crippen LogP contribution in [0, 0.1) is 0 Å². The predicted octanol–water partition coefficient (Wildman–Crippen LogP) is 7.16. The molecule has 0 aromatic rings. The lowest BCUT2D eigenvalue weighted by Gasteiger charge is -2.50. The Balaban J connectivity index is 3.39. The van der Waals surface area contributed by atoms with Gasteiger partial charge in [0, 0.05) is 6.61 Å². The van der Waals surface area contributed by atoms with Crippen LogP contribution in [0.2, 0.25) is 36.3 Å². The van der Waals surface area contributed by atoms with E-state index in [9.17, 15) is 4.79 Å². The Morgan fingerprint density at radius 3 is 1.82 bits per heavy atom. The average Bonchev–Trinajstić information content (AvgIpc) is 2.57. The molecule has 0 N–H and O–H groups in total. The Morgan fingerprint density at radius 1 is 0.879 bits per heavy atom. The zero-order chi connectivity index (χ0) is 26.0. The number of carbonyl (C=O) groups excluding carboxylic acids is 1. The Bertz CT molecular complexity index is 647. The third kappa shape index (κ3) is 8.34. The maximum atomic E-state index is 13.5. The quantitative estimate of drug-likeness (QED) is 0.345. The fraction of sp³-hybridized carbons (Fsp3) is 0.960. The Labute approximate surface area is 206 Å². The summed E-state index contributed by atoms with van der Waals surface area (Å²) in [6.07, 6.45) is 0.760. The van der Waals surface area contributed by atoms with Crippen molar-refractivity contribution in [2.45, 2.75) is 142 Å². The van der Waals surface area contributed by atoms with E-state index in [-0.39, 0.29) is 34.5 Å². The normalized spacial score (nSPS) is 23.6. The molecule has 1 rings (SSSR count). The van der Waals surface area contributed by atoms with Crippen molar-refractivity contribution in [3.05, 3.63) is 0 Å². The highest BCUT2D eigenvalue weighted by Gasteiger charge is 2.48. The summed E-state index contributed by atoms with van der Waals surface area (Å²) in [5.41, 5.74) is -0.591. The van der Waals surface area contributed by atoms with E-state index in [2.05, 4.69) is 67.7 Å². The first-order valence-corrected chi connectivity index (χ1v) is 18.4. The second-order valence-electron chi connectivity index (χ2n) is 13.4. The topological polar surface area (TPSA) is 57.2 Å². The lowest BCUT2D eigenvalue weighted by molar-refractivity contribution is -0.133. The SMILES string of the molecule is CCOC1CC[C@H](O[Si](C)(C)C(C)(C)C)[C@@H](CO[Si](C)(C)C(C)(C)C)N1C(=O)OC(C)(C)C. The lowest BCUT2D eigenvalue weighted by atomic mass is 9.98. The molecule has 196 valence electrons. The molecule has 33 heavy (non-hydrogen) atoms. The lowest BCUT2D eigenvalue weighted by Crippen LogP contribution is -2.63. The van der Waals surface area contributed by atoms with Crippen molar-refractivity contribution in [3.63, 3.8) is 0 Å². The molecule has 0 saturated carbocycles. The van der Waals surface area contributed by atoms with Gasteiger partial charge in [-0.2, -0.15) is 0 Å². The fourth-order valence-corrected chi connectivity index (χ4v) is 5.75. The number of likely N-dealkylation sites (tertiary alicyclic amines) is 1. The second kappa shape index (κ2) is 10.7. The minimum atomic E-state index is -2.06. The Kier molecular flexibility index (Phi) is 9.91. The zero-order valence-corrected chi connectivity index (χ0v) is 26.0. The standard InChI is InChI=1S/C25H53NO5Si2/c1-15-28-21-17-16-20(31-33(13,14)25(8,9)10)19(18-29-32(11,12)24(5,6)7)26(21)22(27)30-23(2,3)4/h19-21H,15-18H2,1-14H3/t19-,20+,21?/m1/s1. The number of hydrogen-bond donors (Lipinski definition) is 0. The van der Waals surface area contributed by atoms with E-state index >= 15 is 0 Å². The number of piperidine rings is 1. The van der Waals surface area contributed by atoms with Gasteiger partial charge in [-0.1, -0.05) is 41.5 Å². The molecule has 1 amide bonds. The van der Waals surface area contributed by atoms with Gasteiger partial charge in [0.05, 0.1) is 18.8 Å². The van der Waals surface area contributed by atoms with Crippen molar-refractivity contribution < 1.29 is 23.1 Å². The largest absolute Gasteiger partial charge is 0.444 e. The van der Waals surface area contributed by atoms with Crippen LogP contribution < -0.4 is 0 Å². The summed E-state index contributed by atoms with van der Waals surface area (Å²) in [5, 5.41) is 0.152. The summed E-state index contributed by atoms with van der Waals surface area (Å²) >= 11 is 0. The van der Waals surface area contributed by atoms with Crippen LogP contribution in [0.15, 0.2) is 0 Å². The minimum Gasteiger partial charge on any atom is -0.444 e. The van der Waals surface area contributed by atoms with Crippen molar-refractivity contribution in [2.24, 2.45) is 0 Å². The summed E-state index contributed by atoms with van der Waals surface area (Å²) in [7, 11) is -4.09. The van der Waals surface area contributed by atoms with Crippen molar-refractivity contribution in [1.82, 2.24) is 4.90 Å². The monoisotopic (exact) mass is 503 g/mol. The van der Waals surface area contributed by atoms with Crippen molar-refractivity contribution in [3.8, 4) is 0 Å². The number of hydrogen-bond acceptors (Lipinski definition) is 5. The first kappa shape index (κ1) is 30.6. The van der Waals surface area contributed by atoms with Crippen LogP contribution in [-0.4, -0.2) is 64.8 Å². The molecule has 1 saturated heterocycles. The van der Waals surface area contributed by atoms with Crippen LogP contribution in [0.5, 0.6) is 0 Å². The van der Waals surface area contributed by atoms with Gasteiger partial charge in [-0.05, 0) is 76.8 Å². The van der Waals surface area contributed by atoms with E-state index in [1.165, 1.54) is 0 Å². The highest BCUT2D eigenvalue weighted by molar-refractivity contribution is 6.74. The van der Waals surface area contributed by atoms with Crippen LogP contribution >= 0.6 is 0 Å². The van der Waals surface area contributed by atoms with E-state index in [4.69, 9.17) is 18.3 Å². The van der Waals surface area contributed by atoms with Crippen molar-refractivity contribution in [1.29, 1.82) is 0 Å². The number of amides is 1. The Hall–Kier alpha value is -0.416. The molecule has 8 heteroatoms. The molecular weight excluding hydrogens is 450 g/mol. The number of carbonyl (C=O) groups is 1. The Morgan fingerprint density at radius 2 is 1.39 bits per heavy atom. The number of nitrogens with zero attached hydrogens (tertiary/aromatic N) is 1. The van der Waals surface area contributed by atoms with Crippen LogP contribution in [0.1, 0.15) is 82.1 Å². The molecule has 0 aromatic carbocycles. The van der Waals surface area contributed by atoms with Gasteiger partial charge in [0.25, 0.3) is 0 Å². The van der Waals surface area contributed by atoms with Crippen LogP contribution in [0.3, 0.4) is 0 Å². The molecule has 0 aliphatic carbocycles.